The van der Waals surface area contributed by atoms with E-state index in [4.69, 9.17) is 23.7 Å². The van der Waals surface area contributed by atoms with Crippen molar-refractivity contribution in [2.45, 2.75) is 197 Å². The lowest BCUT2D eigenvalue weighted by Gasteiger charge is -2.65. The fourth-order valence-corrected chi connectivity index (χ4v) is 14.9. The van der Waals surface area contributed by atoms with Gasteiger partial charge in [0.25, 0.3) is 0 Å². The molecule has 3 aliphatic heterocycles. The summed E-state index contributed by atoms with van der Waals surface area (Å²) in [6.45, 7) is 13.8. The fraction of sp³-hybridized carbons (Fsp3) is 1.00. The summed E-state index contributed by atoms with van der Waals surface area (Å²) < 4.78 is 31.9. The molecule has 8 fully saturated rings. The van der Waals surface area contributed by atoms with Crippen LogP contribution in [0.2, 0.25) is 0 Å². The first kappa shape index (κ1) is 41.2. The van der Waals surface area contributed by atoms with Crippen LogP contribution in [0.5, 0.6) is 0 Å². The maximum Gasteiger partial charge on any atom is 0.186 e. The highest BCUT2D eigenvalue weighted by molar-refractivity contribution is 5.33. The van der Waals surface area contributed by atoms with Gasteiger partial charge in [-0.05, 0) is 117 Å². The largest absolute Gasteiger partial charge is 0.394 e. The maximum absolute atomic E-state index is 12.2. The molecule has 55 heavy (non-hydrogen) atoms. The molecule has 21 atom stereocenters. The Morgan fingerprint density at radius 1 is 0.709 bits per heavy atom. The molecule has 0 aromatic rings. The lowest BCUT2D eigenvalue weighted by molar-refractivity contribution is -0.339. The number of fused-ring (bicyclic) bond motifs is 2. The van der Waals surface area contributed by atoms with Gasteiger partial charge in [0.2, 0.25) is 0 Å². The minimum absolute atomic E-state index is 0.0633. The Hall–Kier alpha value is -0.560. The normalized spacial score (nSPS) is 58.7. The van der Waals surface area contributed by atoms with Gasteiger partial charge in [-0.1, -0.05) is 27.7 Å². The van der Waals surface area contributed by atoms with Crippen molar-refractivity contribution in [3.8, 4) is 0 Å². The van der Waals surface area contributed by atoms with E-state index in [1.807, 2.05) is 0 Å². The van der Waals surface area contributed by atoms with Crippen molar-refractivity contribution in [3.05, 3.63) is 0 Å². The zero-order valence-electron chi connectivity index (χ0n) is 33.6. The van der Waals surface area contributed by atoms with E-state index in [2.05, 4.69) is 34.6 Å². The number of hydrogen-bond acceptors (Lipinski definition) is 14. The second-order valence-electron chi connectivity index (χ2n) is 21.1. The molecule has 2 spiro atoms. The van der Waals surface area contributed by atoms with Crippen molar-refractivity contribution in [2.75, 3.05) is 13.2 Å². The number of rotatable bonds is 7. The van der Waals surface area contributed by atoms with Crippen LogP contribution in [-0.2, 0) is 23.7 Å². The Balaban J connectivity index is 1.15. The van der Waals surface area contributed by atoms with E-state index in [-0.39, 0.29) is 52.1 Å². The Bertz CT molecular complexity index is 1460. The molecule has 5 aliphatic carbocycles. The molecule has 14 heteroatoms. The van der Waals surface area contributed by atoms with Gasteiger partial charge in [0.15, 0.2) is 12.6 Å². The average molecular weight is 785 g/mol. The summed E-state index contributed by atoms with van der Waals surface area (Å²) in [5, 5.41) is 97.2. The minimum Gasteiger partial charge on any atom is -0.394 e. The molecule has 0 aromatic heterocycles. The van der Waals surface area contributed by atoms with Gasteiger partial charge in [-0.2, -0.15) is 0 Å². The van der Waals surface area contributed by atoms with Gasteiger partial charge in [-0.3, -0.25) is 0 Å². The van der Waals surface area contributed by atoms with Crippen molar-refractivity contribution >= 4 is 0 Å². The van der Waals surface area contributed by atoms with Crippen LogP contribution in [0.25, 0.3) is 0 Å². The second kappa shape index (κ2) is 13.2. The van der Waals surface area contributed by atoms with Crippen LogP contribution in [0.4, 0.5) is 0 Å². The van der Waals surface area contributed by atoms with E-state index >= 15 is 0 Å². The third-order valence-corrected chi connectivity index (χ3v) is 17.6. The summed E-state index contributed by atoms with van der Waals surface area (Å²) in [6.07, 6.45) is -7.48. The van der Waals surface area contributed by atoms with Crippen molar-refractivity contribution in [3.63, 3.8) is 0 Å². The highest BCUT2D eigenvalue weighted by atomic mass is 16.7. The minimum atomic E-state index is -1.60. The average Bonchev–Trinajstić information content (AvgIpc) is 3.47. The lowest BCUT2D eigenvalue weighted by atomic mass is 9.41. The number of aliphatic hydroxyl groups excluding tert-OH is 8. The summed E-state index contributed by atoms with van der Waals surface area (Å²) in [7, 11) is 0. The molecule has 14 nitrogen and oxygen atoms in total. The van der Waals surface area contributed by atoms with Gasteiger partial charge in [-0.15, -0.1) is 0 Å². The molecule has 0 bridgehead atoms. The summed E-state index contributed by atoms with van der Waals surface area (Å²) >= 11 is 0. The van der Waals surface area contributed by atoms with Gasteiger partial charge < -0.3 is 69.6 Å². The maximum atomic E-state index is 12.2. The van der Waals surface area contributed by atoms with Gasteiger partial charge in [0.05, 0.1) is 48.8 Å². The smallest absolute Gasteiger partial charge is 0.186 e. The number of aliphatic hydroxyl groups is 9. The monoisotopic (exact) mass is 784 g/mol. The highest BCUT2D eigenvalue weighted by Crippen LogP contribution is 2.89. The molecule has 0 amide bonds. The Labute approximate surface area is 324 Å². The van der Waals surface area contributed by atoms with Crippen molar-refractivity contribution in [1.29, 1.82) is 0 Å². The van der Waals surface area contributed by atoms with Crippen LogP contribution in [-0.4, -0.2) is 150 Å². The summed E-state index contributed by atoms with van der Waals surface area (Å²) in [5.41, 5.74) is -3.16. The zero-order chi connectivity index (χ0) is 40.1. The molecule has 316 valence electrons. The van der Waals surface area contributed by atoms with Crippen LogP contribution in [0.3, 0.4) is 0 Å². The molecule has 9 N–H and O–H groups in total. The number of hydrogen-bond donors (Lipinski definition) is 9. The molecular formula is C41H68O14. The zero-order valence-corrected chi connectivity index (χ0v) is 33.6. The van der Waals surface area contributed by atoms with E-state index in [0.717, 1.165) is 32.1 Å². The number of ether oxygens (including phenoxy) is 5. The molecule has 8 rings (SSSR count). The third-order valence-electron chi connectivity index (χ3n) is 17.6. The Morgan fingerprint density at radius 3 is 2.05 bits per heavy atom. The highest BCUT2D eigenvalue weighted by Gasteiger charge is 2.85. The topological polar surface area (TPSA) is 228 Å². The van der Waals surface area contributed by atoms with Gasteiger partial charge >= 0.3 is 0 Å². The molecule has 0 radical (unpaired) electrons. The van der Waals surface area contributed by atoms with E-state index < -0.39 is 96.8 Å². The predicted octanol–water partition coefficient (Wildman–Crippen LogP) is 0.724. The van der Waals surface area contributed by atoms with Crippen LogP contribution >= 0.6 is 0 Å². The van der Waals surface area contributed by atoms with Crippen LogP contribution in [0.1, 0.15) is 106 Å². The standard InChI is InChI=1S/C41H68O14/c1-35(2)24(54-33-29(48)26(45)20(44)17-51-33)9-11-41-18-40(41)13-12-37(5)31(39(7)10-8-25(55-39)36(3,4)50)19(43)15-38(37,6)23(40)14-21(32(35)41)52-34-30(49)28(47)27(46)22(16-42)53-34/h19-34,42-50H,8-18H2,1-7H3/t19-,20+,21-,22+,23-,24-,25-,26-,27+,28-,29+,30+,31-,32-,33-,34+,37+,38+,39+,40+,41+/m0/s1. The summed E-state index contributed by atoms with van der Waals surface area (Å²) in [6, 6.07) is 0. The van der Waals surface area contributed by atoms with Crippen LogP contribution < -0.4 is 0 Å². The first-order chi connectivity index (χ1) is 25.5. The van der Waals surface area contributed by atoms with E-state index in [0.29, 0.717) is 25.7 Å². The lowest BCUT2D eigenvalue weighted by Crippen LogP contribution is -2.65. The summed E-state index contributed by atoms with van der Waals surface area (Å²) in [5.74, 6) is -0.215. The predicted molar refractivity (Wildman–Crippen MR) is 194 cm³/mol. The van der Waals surface area contributed by atoms with E-state index in [1.165, 1.54) is 0 Å². The van der Waals surface area contributed by atoms with Crippen LogP contribution in [0, 0.1) is 44.8 Å². The second-order valence-corrected chi connectivity index (χ2v) is 21.1. The van der Waals surface area contributed by atoms with Gasteiger partial charge in [0, 0.05) is 5.92 Å². The molecule has 0 unspecified atom stereocenters. The van der Waals surface area contributed by atoms with Crippen LogP contribution in [0.15, 0.2) is 0 Å². The summed E-state index contributed by atoms with van der Waals surface area (Å²) in [4.78, 5) is 0. The van der Waals surface area contributed by atoms with Gasteiger partial charge in [-0.25, -0.2) is 0 Å². The molecule has 5 saturated carbocycles. The molecular weight excluding hydrogens is 716 g/mol. The first-order valence-electron chi connectivity index (χ1n) is 20.9. The van der Waals surface area contributed by atoms with E-state index in [1.54, 1.807) is 13.8 Å². The third kappa shape index (κ3) is 5.70. The molecule has 8 aliphatic rings. The van der Waals surface area contributed by atoms with Crippen molar-refractivity contribution in [1.82, 2.24) is 0 Å². The Kier molecular flexibility index (Phi) is 9.90. The fourth-order valence-electron chi connectivity index (χ4n) is 14.9. The first-order valence-corrected chi connectivity index (χ1v) is 20.9. The molecule has 0 aromatic carbocycles. The van der Waals surface area contributed by atoms with Crippen molar-refractivity contribution < 1.29 is 69.6 Å². The van der Waals surface area contributed by atoms with Gasteiger partial charge in [0.1, 0.15) is 42.7 Å². The SMILES string of the molecule is CC(C)(O)[C@@H]1CC[C@](C)([C@H]2[C@@H](O)C[C@]3(C)[C@@H]4C[C@H](O[C@@H]5O[C@H](CO)[C@@H](O)[C@H](O)[C@H]5O)[C@H]5C(C)(C)[C@@H](O[C@@H]6OC[C@@H](O)[C@H](O)[C@H]6O)CC[C@@]56C[C@]46CC[C@]23C)O1. The van der Waals surface area contributed by atoms with Crippen molar-refractivity contribution in [2.24, 2.45) is 44.8 Å². The quantitative estimate of drug-likeness (QED) is 0.162. The van der Waals surface area contributed by atoms with E-state index in [9.17, 15) is 46.0 Å². The Morgan fingerprint density at radius 2 is 1.40 bits per heavy atom. The molecule has 3 saturated heterocycles. The molecule has 3 heterocycles.